The molecule has 0 aliphatic carbocycles. The predicted octanol–water partition coefficient (Wildman–Crippen LogP) is -9.09. The summed E-state index contributed by atoms with van der Waals surface area (Å²) in [5.74, 6) is -1.79. The number of rotatable bonds is 2. The third kappa shape index (κ3) is 7.64. The topological polar surface area (TPSA) is 106 Å². The maximum absolute atomic E-state index is 9.59. The molecule has 10 heavy (non-hydrogen) atoms. The number of hydrogen-bond donors (Lipinski definition) is 1. The maximum Gasteiger partial charge on any atom is 1.00 e. The molecule has 2 atom stereocenters. The summed E-state index contributed by atoms with van der Waals surface area (Å²) in [7, 11) is 0. The van der Waals surface area contributed by atoms with E-state index in [1.54, 1.807) is 0 Å². The average molecular weight is 183 g/mol. The zero-order valence-corrected chi connectivity index (χ0v) is 10.5. The van der Waals surface area contributed by atoms with Gasteiger partial charge in [-0.25, -0.2) is 0 Å². The Balaban J connectivity index is -0.000000245. The van der Waals surface area contributed by atoms with E-state index in [2.05, 4.69) is 5.73 Å². The van der Waals surface area contributed by atoms with Crippen LogP contribution < -0.4 is 70.0 Å². The summed E-state index contributed by atoms with van der Waals surface area (Å²) in [6.07, 6.45) is 0. The van der Waals surface area contributed by atoms with Crippen LogP contribution in [0.15, 0.2) is 0 Å². The number of carboxylic acids is 1. The molecule has 8 heteroatoms. The van der Waals surface area contributed by atoms with Gasteiger partial charge in [-0.05, 0) is 11.1 Å². The van der Waals surface area contributed by atoms with E-state index < -0.39 is 22.4 Å². The molecule has 2 unspecified atom stereocenters. The third-order valence-electron chi connectivity index (χ3n) is 0.440. The van der Waals surface area contributed by atoms with Gasteiger partial charge in [-0.15, -0.1) is 0 Å². The van der Waals surface area contributed by atoms with Gasteiger partial charge >= 0.3 is 59.1 Å². The van der Waals surface area contributed by atoms with Gasteiger partial charge < -0.3 is 20.2 Å². The van der Waals surface area contributed by atoms with Crippen molar-refractivity contribution in [2.75, 3.05) is 0 Å². The second-order valence-electron chi connectivity index (χ2n) is 1.00. The van der Waals surface area contributed by atoms with Gasteiger partial charge in [0, 0.05) is 0 Å². The van der Waals surface area contributed by atoms with Crippen LogP contribution in [0.2, 0.25) is 0 Å². The summed E-state index contributed by atoms with van der Waals surface area (Å²) in [5, 5.41) is 7.60. The molecule has 0 spiro atoms. The fourth-order valence-corrected chi connectivity index (χ4v) is 0.236. The van der Waals surface area contributed by atoms with E-state index in [9.17, 15) is 18.7 Å². The van der Waals surface area contributed by atoms with Gasteiger partial charge in [0.15, 0.2) is 0 Å². The molecule has 0 aromatic heterocycles. The zero-order chi connectivity index (χ0) is 6.73. The molecule has 0 aliphatic heterocycles. The van der Waals surface area contributed by atoms with Gasteiger partial charge in [0.05, 0.1) is 5.97 Å². The fraction of sp³-hybridized carbons (Fsp3) is 0.500. The van der Waals surface area contributed by atoms with Crippen molar-refractivity contribution >= 4 is 17.0 Å². The predicted molar refractivity (Wildman–Crippen MR) is 21.9 cm³/mol. The fourth-order valence-electron chi connectivity index (χ4n) is 0.0786. The molecule has 0 rings (SSSR count). The first-order valence-corrected chi connectivity index (χ1v) is 2.74. The van der Waals surface area contributed by atoms with E-state index in [0.29, 0.717) is 0 Å². The Morgan fingerprint density at radius 1 is 1.50 bits per heavy atom. The summed E-state index contributed by atoms with van der Waals surface area (Å²) in [6.45, 7) is 0. The first kappa shape index (κ1) is 17.6. The molecule has 0 saturated heterocycles. The summed E-state index contributed by atoms with van der Waals surface area (Å²) >= 11 is -2.77. The van der Waals surface area contributed by atoms with E-state index in [1.807, 2.05) is 0 Å². The third-order valence-corrected chi connectivity index (χ3v) is 1.05. The summed E-state index contributed by atoms with van der Waals surface area (Å²) < 4.78 is 19.2. The molecule has 0 aliphatic rings. The molecule has 0 bridgehead atoms. The molecule has 48 valence electrons. The molecule has 0 aromatic carbocycles. The normalized spacial score (nSPS) is 13.8. The Morgan fingerprint density at radius 2 is 1.80 bits per heavy atom. The van der Waals surface area contributed by atoms with Crippen LogP contribution in [0.25, 0.3) is 0 Å². The van der Waals surface area contributed by atoms with E-state index in [4.69, 9.17) is 0 Å². The first-order chi connectivity index (χ1) is 3.55. The molecule has 0 saturated carbocycles. The molecule has 0 radical (unpaired) electrons. The van der Waals surface area contributed by atoms with E-state index in [0.717, 1.165) is 0 Å². The van der Waals surface area contributed by atoms with Crippen LogP contribution in [0.3, 0.4) is 0 Å². The summed E-state index contributed by atoms with van der Waals surface area (Å²) in [5.41, 5.74) is 4.48. The van der Waals surface area contributed by atoms with E-state index in [1.165, 1.54) is 0 Å². The SMILES string of the molecule is NC(C(=O)[O-])S(=O)[O-].[Na+].[Na+]. The first-order valence-electron chi connectivity index (χ1n) is 1.60. The van der Waals surface area contributed by atoms with Crippen LogP contribution in [0.1, 0.15) is 0 Å². The number of carbonyl (C=O) groups is 1. The Hall–Kier alpha value is 1.54. The van der Waals surface area contributed by atoms with Crippen molar-refractivity contribution in [1.82, 2.24) is 0 Å². The molecule has 0 aromatic rings. The molecular formula is C2H3NNa2O4S. The van der Waals surface area contributed by atoms with Crippen molar-refractivity contribution in [2.45, 2.75) is 5.37 Å². The Morgan fingerprint density at radius 3 is 1.80 bits per heavy atom. The van der Waals surface area contributed by atoms with Crippen LogP contribution in [0.4, 0.5) is 0 Å². The molecule has 0 fully saturated rings. The zero-order valence-electron chi connectivity index (χ0n) is 5.70. The van der Waals surface area contributed by atoms with Crippen molar-refractivity contribution in [2.24, 2.45) is 5.73 Å². The van der Waals surface area contributed by atoms with Gasteiger partial charge in [0.1, 0.15) is 5.37 Å². The minimum atomic E-state index is -2.77. The van der Waals surface area contributed by atoms with Gasteiger partial charge in [-0.1, -0.05) is 0 Å². The van der Waals surface area contributed by atoms with Crippen LogP contribution in [-0.2, 0) is 15.9 Å². The van der Waals surface area contributed by atoms with Crippen LogP contribution in [0.5, 0.6) is 0 Å². The van der Waals surface area contributed by atoms with Crippen molar-refractivity contribution < 1.29 is 77.8 Å². The van der Waals surface area contributed by atoms with Crippen molar-refractivity contribution in [3.05, 3.63) is 0 Å². The van der Waals surface area contributed by atoms with Crippen molar-refractivity contribution in [3.8, 4) is 0 Å². The second-order valence-corrected chi connectivity index (χ2v) is 2.03. The Kier molecular flexibility index (Phi) is 15.2. The number of hydrogen-bond acceptors (Lipinski definition) is 5. The molecule has 0 amide bonds. The monoisotopic (exact) mass is 183 g/mol. The quantitative estimate of drug-likeness (QED) is 0.338. The molecule has 0 heterocycles. The molecule has 5 nitrogen and oxygen atoms in total. The van der Waals surface area contributed by atoms with E-state index >= 15 is 0 Å². The second kappa shape index (κ2) is 8.63. The minimum Gasteiger partial charge on any atom is -0.771 e. The van der Waals surface area contributed by atoms with Gasteiger partial charge in [0.25, 0.3) is 0 Å². The van der Waals surface area contributed by atoms with Gasteiger partial charge in [-0.2, -0.15) is 0 Å². The van der Waals surface area contributed by atoms with Gasteiger partial charge in [-0.3, -0.25) is 4.21 Å². The maximum atomic E-state index is 9.59. The molecular weight excluding hydrogens is 180 g/mol. The van der Waals surface area contributed by atoms with Gasteiger partial charge in [0.2, 0.25) is 0 Å². The number of carbonyl (C=O) groups excluding carboxylic acids is 1. The standard InChI is InChI=1S/C2H5NO4S.2Na/c3-1(2(4)5)8(6)7;;/h1H,3H2,(H,4,5)(H,6,7);;/q;2*+1/p-2. The number of nitrogens with two attached hydrogens (primary N) is 1. The Bertz CT molecular complexity index is 116. The largest absolute Gasteiger partial charge is 1.00 e. The van der Waals surface area contributed by atoms with Crippen LogP contribution >= 0.6 is 0 Å². The Labute approximate surface area is 105 Å². The minimum absolute atomic E-state index is 0. The van der Waals surface area contributed by atoms with Crippen LogP contribution in [0, 0.1) is 0 Å². The number of carboxylic acid groups (broad SMARTS) is 1. The van der Waals surface area contributed by atoms with Crippen LogP contribution in [-0.4, -0.2) is 20.1 Å². The molecule has 2 N–H and O–H groups in total. The van der Waals surface area contributed by atoms with Crippen molar-refractivity contribution in [1.29, 1.82) is 0 Å². The average Bonchev–Trinajstić information content (AvgIpc) is 1.64. The number of aliphatic carboxylic acids is 1. The summed E-state index contributed by atoms with van der Waals surface area (Å²) in [6, 6.07) is 0. The smallest absolute Gasteiger partial charge is 0.771 e. The van der Waals surface area contributed by atoms with E-state index in [-0.39, 0.29) is 59.1 Å². The summed E-state index contributed by atoms with van der Waals surface area (Å²) in [4.78, 5) is 9.51. The van der Waals surface area contributed by atoms with Crippen molar-refractivity contribution in [3.63, 3.8) is 0 Å².